The lowest BCUT2D eigenvalue weighted by atomic mass is 10.3. The van der Waals surface area contributed by atoms with Crippen molar-refractivity contribution in [3.8, 4) is 0 Å². The van der Waals surface area contributed by atoms with Crippen LogP contribution in [0.25, 0.3) is 0 Å². The molecule has 0 spiro atoms. The van der Waals surface area contributed by atoms with Crippen molar-refractivity contribution in [2.45, 2.75) is 39.0 Å². The number of nitrogen functional groups attached to an aromatic ring is 1. The van der Waals surface area contributed by atoms with Gasteiger partial charge in [-0.25, -0.2) is 4.68 Å². The molecule has 2 rings (SSSR count). The summed E-state index contributed by atoms with van der Waals surface area (Å²) < 4.78 is 12.9. The third kappa shape index (κ3) is 2.55. The number of hydrogen-bond acceptors (Lipinski definition) is 5. The molecule has 0 aromatic carbocycles. The average Bonchev–Trinajstić information content (AvgIpc) is 2.92. The van der Waals surface area contributed by atoms with Gasteiger partial charge in [0.05, 0.1) is 11.4 Å². The quantitative estimate of drug-likeness (QED) is 0.864. The van der Waals surface area contributed by atoms with Gasteiger partial charge in [0.15, 0.2) is 5.82 Å². The average molecular weight is 268 g/mol. The summed E-state index contributed by atoms with van der Waals surface area (Å²) >= 11 is 0. The lowest BCUT2D eigenvalue weighted by Crippen LogP contribution is -2.27. The lowest BCUT2D eigenvalue weighted by Gasteiger charge is -2.20. The van der Waals surface area contributed by atoms with Crippen molar-refractivity contribution in [1.82, 2.24) is 9.78 Å². The van der Waals surface area contributed by atoms with E-state index in [1.54, 1.807) is 14.2 Å². The number of anilines is 2. The van der Waals surface area contributed by atoms with E-state index in [2.05, 4.69) is 16.9 Å². The SMILES string of the molecule is CCCn1nc(C)c(N)c1N1CC(OC)C(OC)C1. The molecular weight excluding hydrogens is 244 g/mol. The third-order valence-electron chi connectivity index (χ3n) is 3.70. The molecule has 0 amide bonds. The van der Waals surface area contributed by atoms with Crippen LogP contribution in [0.4, 0.5) is 11.5 Å². The van der Waals surface area contributed by atoms with Crippen molar-refractivity contribution in [1.29, 1.82) is 0 Å². The van der Waals surface area contributed by atoms with Crippen LogP contribution in [-0.4, -0.2) is 49.3 Å². The minimum absolute atomic E-state index is 0.0784. The zero-order chi connectivity index (χ0) is 14.0. The molecule has 0 saturated carbocycles. The minimum Gasteiger partial charge on any atom is -0.394 e. The number of hydrogen-bond donors (Lipinski definition) is 1. The van der Waals surface area contributed by atoms with Crippen LogP contribution in [0.5, 0.6) is 0 Å². The van der Waals surface area contributed by atoms with Crippen LogP contribution < -0.4 is 10.6 Å². The molecule has 0 bridgehead atoms. The van der Waals surface area contributed by atoms with Crippen LogP contribution in [0.15, 0.2) is 0 Å². The van der Waals surface area contributed by atoms with Gasteiger partial charge in [0.2, 0.25) is 0 Å². The first-order valence-electron chi connectivity index (χ1n) is 6.75. The minimum atomic E-state index is 0.0784. The number of nitrogens with two attached hydrogens (primary N) is 1. The van der Waals surface area contributed by atoms with Crippen molar-refractivity contribution >= 4 is 11.5 Å². The fraction of sp³-hybridized carbons (Fsp3) is 0.769. The van der Waals surface area contributed by atoms with Crippen LogP contribution in [0.1, 0.15) is 19.0 Å². The van der Waals surface area contributed by atoms with Gasteiger partial charge in [-0.05, 0) is 13.3 Å². The third-order valence-corrected chi connectivity index (χ3v) is 3.70. The predicted octanol–water partition coefficient (Wildman–Crippen LogP) is 1.03. The Labute approximate surface area is 114 Å². The molecule has 1 aliphatic heterocycles. The molecular formula is C13H24N4O2. The molecule has 2 atom stereocenters. The molecule has 1 aliphatic rings. The zero-order valence-corrected chi connectivity index (χ0v) is 12.2. The first-order valence-corrected chi connectivity index (χ1v) is 6.75. The molecule has 2 N–H and O–H groups in total. The van der Waals surface area contributed by atoms with Crippen LogP contribution >= 0.6 is 0 Å². The van der Waals surface area contributed by atoms with Gasteiger partial charge in [-0.15, -0.1) is 0 Å². The van der Waals surface area contributed by atoms with Crippen LogP contribution in [0, 0.1) is 6.92 Å². The summed E-state index contributed by atoms with van der Waals surface area (Å²) in [6, 6.07) is 0. The van der Waals surface area contributed by atoms with E-state index in [4.69, 9.17) is 15.2 Å². The van der Waals surface area contributed by atoms with Gasteiger partial charge in [0.25, 0.3) is 0 Å². The highest BCUT2D eigenvalue weighted by Crippen LogP contribution is 2.31. The molecule has 2 heterocycles. The molecule has 6 heteroatoms. The second-order valence-corrected chi connectivity index (χ2v) is 5.00. The van der Waals surface area contributed by atoms with Crippen LogP contribution in [-0.2, 0) is 16.0 Å². The predicted molar refractivity (Wildman–Crippen MR) is 75.5 cm³/mol. The maximum atomic E-state index is 6.18. The van der Waals surface area contributed by atoms with E-state index in [0.717, 1.165) is 43.3 Å². The monoisotopic (exact) mass is 268 g/mol. The second kappa shape index (κ2) is 5.79. The summed E-state index contributed by atoms with van der Waals surface area (Å²) in [5, 5.41) is 4.51. The van der Waals surface area contributed by atoms with Crippen LogP contribution in [0.3, 0.4) is 0 Å². The van der Waals surface area contributed by atoms with E-state index in [9.17, 15) is 0 Å². The number of aryl methyl sites for hydroxylation is 2. The molecule has 0 aliphatic carbocycles. The fourth-order valence-electron chi connectivity index (χ4n) is 2.65. The first kappa shape index (κ1) is 14.1. The Morgan fingerprint density at radius 2 is 1.84 bits per heavy atom. The molecule has 2 unspecified atom stereocenters. The second-order valence-electron chi connectivity index (χ2n) is 5.00. The van der Waals surface area contributed by atoms with Crippen molar-refractivity contribution in [2.24, 2.45) is 0 Å². The van der Waals surface area contributed by atoms with Gasteiger partial charge in [0, 0.05) is 33.9 Å². The number of ether oxygens (including phenoxy) is 2. The standard InChI is InChI=1S/C13H24N4O2/c1-5-6-17-13(12(14)9(2)15-17)16-7-10(18-3)11(8-16)19-4/h10-11H,5-8,14H2,1-4H3. The number of rotatable bonds is 5. The normalized spacial score (nSPS) is 23.3. The maximum absolute atomic E-state index is 6.18. The van der Waals surface area contributed by atoms with Crippen molar-refractivity contribution < 1.29 is 9.47 Å². The molecule has 1 fully saturated rings. The molecule has 6 nitrogen and oxygen atoms in total. The summed E-state index contributed by atoms with van der Waals surface area (Å²) in [4.78, 5) is 2.22. The van der Waals surface area contributed by atoms with E-state index >= 15 is 0 Å². The van der Waals surface area contributed by atoms with Gasteiger partial charge in [0.1, 0.15) is 12.2 Å². The zero-order valence-electron chi connectivity index (χ0n) is 12.2. The van der Waals surface area contributed by atoms with Gasteiger partial charge in [-0.1, -0.05) is 6.92 Å². The van der Waals surface area contributed by atoms with Gasteiger partial charge in [-0.2, -0.15) is 5.10 Å². The Bertz CT molecular complexity index is 421. The van der Waals surface area contributed by atoms with E-state index in [0.29, 0.717) is 0 Å². The topological polar surface area (TPSA) is 65.5 Å². The van der Waals surface area contributed by atoms with Gasteiger partial charge < -0.3 is 20.1 Å². The van der Waals surface area contributed by atoms with E-state index in [1.165, 1.54) is 0 Å². The fourth-order valence-corrected chi connectivity index (χ4v) is 2.65. The van der Waals surface area contributed by atoms with Crippen molar-refractivity contribution in [3.63, 3.8) is 0 Å². The van der Waals surface area contributed by atoms with E-state index in [1.807, 2.05) is 11.6 Å². The number of methoxy groups -OCH3 is 2. The molecule has 1 aromatic heterocycles. The molecule has 108 valence electrons. The summed E-state index contributed by atoms with van der Waals surface area (Å²) in [6.07, 6.45) is 1.19. The largest absolute Gasteiger partial charge is 0.394 e. The highest BCUT2D eigenvalue weighted by atomic mass is 16.5. The molecule has 1 saturated heterocycles. The highest BCUT2D eigenvalue weighted by molar-refractivity contribution is 5.66. The van der Waals surface area contributed by atoms with Gasteiger partial charge >= 0.3 is 0 Å². The van der Waals surface area contributed by atoms with Gasteiger partial charge in [-0.3, -0.25) is 0 Å². The lowest BCUT2D eigenvalue weighted by molar-refractivity contribution is -0.00461. The van der Waals surface area contributed by atoms with Crippen LogP contribution in [0.2, 0.25) is 0 Å². The Hall–Kier alpha value is -1.27. The summed E-state index contributed by atoms with van der Waals surface area (Å²) in [7, 11) is 3.44. The summed E-state index contributed by atoms with van der Waals surface area (Å²) in [5.41, 5.74) is 7.83. The van der Waals surface area contributed by atoms with E-state index < -0.39 is 0 Å². The number of nitrogens with zero attached hydrogens (tertiary/aromatic N) is 3. The molecule has 1 aromatic rings. The first-order chi connectivity index (χ1) is 9.12. The van der Waals surface area contributed by atoms with Crippen molar-refractivity contribution in [3.05, 3.63) is 5.69 Å². The molecule has 19 heavy (non-hydrogen) atoms. The Kier molecular flexibility index (Phi) is 4.31. The molecule has 0 radical (unpaired) electrons. The highest BCUT2D eigenvalue weighted by Gasteiger charge is 2.35. The Balaban J connectivity index is 2.27. The maximum Gasteiger partial charge on any atom is 0.150 e. The smallest absolute Gasteiger partial charge is 0.150 e. The Morgan fingerprint density at radius 1 is 1.26 bits per heavy atom. The van der Waals surface area contributed by atoms with E-state index in [-0.39, 0.29) is 12.2 Å². The summed E-state index contributed by atoms with van der Waals surface area (Å²) in [5.74, 6) is 1.00. The van der Waals surface area contributed by atoms with Crippen molar-refractivity contribution in [2.75, 3.05) is 37.9 Å². The number of aromatic nitrogens is 2. The summed E-state index contributed by atoms with van der Waals surface area (Å²) in [6.45, 7) is 6.53. The Morgan fingerprint density at radius 3 is 2.32 bits per heavy atom.